The molecule has 15 heavy (non-hydrogen) atoms. The Bertz CT molecular complexity index is 360. The highest BCUT2D eigenvalue weighted by atomic mass is 16.4. The summed E-state index contributed by atoms with van der Waals surface area (Å²) in [6, 6.07) is 0. The van der Waals surface area contributed by atoms with Crippen LogP contribution in [-0.4, -0.2) is 45.8 Å². The van der Waals surface area contributed by atoms with E-state index in [-0.39, 0.29) is 0 Å². The lowest BCUT2D eigenvalue weighted by Crippen LogP contribution is -2.66. The van der Waals surface area contributed by atoms with Gasteiger partial charge in [0.25, 0.3) is 5.91 Å². The fourth-order valence-electron chi connectivity index (χ4n) is 1.22. The number of carboxylic acids is 1. The van der Waals surface area contributed by atoms with Crippen LogP contribution in [-0.2, 0) is 19.2 Å². The van der Waals surface area contributed by atoms with E-state index in [2.05, 4.69) is 0 Å². The number of carbonyl (C=O) groups is 4. The maximum Gasteiger partial charge on any atom is 0.394 e. The summed E-state index contributed by atoms with van der Waals surface area (Å²) < 4.78 is 0. The number of imide groups is 1. The molecule has 0 aliphatic carbocycles. The second kappa shape index (κ2) is 3.34. The van der Waals surface area contributed by atoms with E-state index in [0.29, 0.717) is 0 Å². The summed E-state index contributed by atoms with van der Waals surface area (Å²) >= 11 is 0. The topological polar surface area (TPSA) is 104 Å². The first-order valence-electron chi connectivity index (χ1n) is 4.16. The summed E-state index contributed by atoms with van der Waals surface area (Å²) in [5.74, 6) is -4.32. The summed E-state index contributed by atoms with van der Waals surface area (Å²) in [5.41, 5.74) is -1.33. The normalized spacial score (nSPS) is 19.7. The number of amides is 3. The zero-order chi connectivity index (χ0) is 11.8. The van der Waals surface area contributed by atoms with E-state index in [9.17, 15) is 19.2 Å². The van der Waals surface area contributed by atoms with Crippen molar-refractivity contribution < 1.29 is 24.3 Å². The van der Waals surface area contributed by atoms with Gasteiger partial charge in [-0.1, -0.05) is 0 Å². The average Bonchev–Trinajstić information content (AvgIpc) is 2.10. The first kappa shape index (κ1) is 11.2. The molecular weight excluding hydrogens is 204 g/mol. The van der Waals surface area contributed by atoms with Gasteiger partial charge in [-0.05, 0) is 13.8 Å². The van der Waals surface area contributed by atoms with Crippen LogP contribution in [0.1, 0.15) is 13.8 Å². The maximum absolute atomic E-state index is 11.3. The molecule has 1 heterocycles. The Kier molecular flexibility index (Phi) is 2.48. The molecule has 0 aromatic carbocycles. The van der Waals surface area contributed by atoms with Crippen LogP contribution < -0.4 is 5.32 Å². The van der Waals surface area contributed by atoms with Crippen molar-refractivity contribution in [2.45, 2.75) is 19.4 Å². The number of rotatable bonds is 0. The predicted molar refractivity (Wildman–Crippen MR) is 46.6 cm³/mol. The van der Waals surface area contributed by atoms with Gasteiger partial charge in [0.1, 0.15) is 12.1 Å². The van der Waals surface area contributed by atoms with Gasteiger partial charge < -0.3 is 10.0 Å². The van der Waals surface area contributed by atoms with Gasteiger partial charge in [0.2, 0.25) is 5.91 Å². The highest BCUT2D eigenvalue weighted by Crippen LogP contribution is 2.18. The second-order valence-corrected chi connectivity index (χ2v) is 3.63. The van der Waals surface area contributed by atoms with E-state index in [1.165, 1.54) is 13.8 Å². The molecule has 0 bridgehead atoms. The molecule has 0 radical (unpaired) electrons. The van der Waals surface area contributed by atoms with Gasteiger partial charge in [-0.25, -0.2) is 4.79 Å². The molecule has 0 atom stereocenters. The Morgan fingerprint density at radius 2 is 1.93 bits per heavy atom. The highest BCUT2D eigenvalue weighted by Gasteiger charge is 2.45. The van der Waals surface area contributed by atoms with E-state index < -0.39 is 35.8 Å². The number of nitrogens with one attached hydrogen (secondary N) is 1. The fourth-order valence-corrected chi connectivity index (χ4v) is 1.22. The lowest BCUT2D eigenvalue weighted by Gasteiger charge is -2.38. The SMILES string of the molecule is CC1(C)C(=O)NC(=O)CN1C(=O)C(=O)O. The van der Waals surface area contributed by atoms with Crippen molar-refractivity contribution in [1.82, 2.24) is 10.2 Å². The van der Waals surface area contributed by atoms with E-state index in [1.54, 1.807) is 0 Å². The minimum atomic E-state index is -1.69. The van der Waals surface area contributed by atoms with Gasteiger partial charge in [-0.3, -0.25) is 19.7 Å². The summed E-state index contributed by atoms with van der Waals surface area (Å²) in [4.78, 5) is 44.7. The van der Waals surface area contributed by atoms with E-state index in [4.69, 9.17) is 5.11 Å². The Morgan fingerprint density at radius 1 is 1.40 bits per heavy atom. The number of nitrogens with zero attached hydrogens (tertiary/aromatic N) is 1. The number of carbonyl (C=O) groups excluding carboxylic acids is 3. The van der Waals surface area contributed by atoms with E-state index in [0.717, 1.165) is 4.90 Å². The smallest absolute Gasteiger partial charge is 0.394 e. The lowest BCUT2D eigenvalue weighted by molar-refractivity contribution is -0.164. The van der Waals surface area contributed by atoms with Crippen LogP contribution in [0.2, 0.25) is 0 Å². The molecule has 2 N–H and O–H groups in total. The first-order valence-corrected chi connectivity index (χ1v) is 4.16. The molecule has 82 valence electrons. The largest absolute Gasteiger partial charge is 0.474 e. The predicted octanol–water partition coefficient (Wildman–Crippen LogP) is -1.67. The van der Waals surface area contributed by atoms with Gasteiger partial charge in [0.15, 0.2) is 0 Å². The molecule has 1 aliphatic heterocycles. The molecule has 0 aromatic heterocycles. The van der Waals surface area contributed by atoms with Gasteiger partial charge in [-0.2, -0.15) is 0 Å². The number of aliphatic carboxylic acids is 1. The second-order valence-electron chi connectivity index (χ2n) is 3.63. The van der Waals surface area contributed by atoms with Crippen LogP contribution >= 0.6 is 0 Å². The molecule has 0 aromatic rings. The zero-order valence-corrected chi connectivity index (χ0v) is 8.23. The molecular formula is C8H10N2O5. The Balaban J connectivity index is 3.04. The van der Waals surface area contributed by atoms with Crippen LogP contribution in [0, 0.1) is 0 Å². The van der Waals surface area contributed by atoms with Crippen molar-refractivity contribution in [3.05, 3.63) is 0 Å². The summed E-state index contributed by atoms with van der Waals surface area (Å²) in [6.45, 7) is 2.31. The molecule has 7 heteroatoms. The van der Waals surface area contributed by atoms with Gasteiger partial charge in [0.05, 0.1) is 0 Å². The van der Waals surface area contributed by atoms with E-state index >= 15 is 0 Å². The van der Waals surface area contributed by atoms with Crippen molar-refractivity contribution in [2.75, 3.05) is 6.54 Å². The summed E-state index contributed by atoms with van der Waals surface area (Å²) in [7, 11) is 0. The third-order valence-corrected chi connectivity index (χ3v) is 2.21. The molecule has 1 saturated heterocycles. The quantitative estimate of drug-likeness (QED) is 0.371. The van der Waals surface area contributed by atoms with Crippen molar-refractivity contribution in [3.63, 3.8) is 0 Å². The maximum atomic E-state index is 11.3. The van der Waals surface area contributed by atoms with Crippen molar-refractivity contribution in [2.24, 2.45) is 0 Å². The van der Waals surface area contributed by atoms with Gasteiger partial charge in [0, 0.05) is 0 Å². The molecule has 1 rings (SSSR count). The van der Waals surface area contributed by atoms with Crippen molar-refractivity contribution in [1.29, 1.82) is 0 Å². The molecule has 0 saturated carbocycles. The minimum absolute atomic E-state index is 0.427. The summed E-state index contributed by atoms with van der Waals surface area (Å²) in [5, 5.41) is 10.5. The van der Waals surface area contributed by atoms with Crippen LogP contribution in [0.4, 0.5) is 0 Å². The number of hydrogen-bond donors (Lipinski definition) is 2. The zero-order valence-electron chi connectivity index (χ0n) is 8.23. The molecule has 1 aliphatic rings. The molecule has 1 fully saturated rings. The minimum Gasteiger partial charge on any atom is -0.474 e. The Labute approximate surface area is 85.0 Å². The van der Waals surface area contributed by atoms with Crippen LogP contribution in [0.5, 0.6) is 0 Å². The third kappa shape index (κ3) is 1.80. The Hall–Kier alpha value is -1.92. The standard InChI is InChI=1S/C8H10N2O5/c1-8(2)7(15)9-4(11)3-10(8)5(12)6(13)14/h3H2,1-2H3,(H,13,14)(H,9,11,15). The third-order valence-electron chi connectivity index (χ3n) is 2.21. The molecule has 0 unspecified atom stereocenters. The number of carboxylic acid groups (broad SMARTS) is 1. The monoisotopic (exact) mass is 214 g/mol. The average molecular weight is 214 g/mol. The van der Waals surface area contributed by atoms with E-state index in [1.807, 2.05) is 5.32 Å². The Morgan fingerprint density at radius 3 is 2.40 bits per heavy atom. The number of piperazine rings is 1. The van der Waals surface area contributed by atoms with Gasteiger partial charge >= 0.3 is 11.9 Å². The molecule has 7 nitrogen and oxygen atoms in total. The lowest BCUT2D eigenvalue weighted by atomic mass is 9.98. The molecule has 3 amide bonds. The number of hydrogen-bond acceptors (Lipinski definition) is 4. The van der Waals surface area contributed by atoms with Crippen molar-refractivity contribution >= 4 is 23.7 Å². The molecule has 0 spiro atoms. The highest BCUT2D eigenvalue weighted by molar-refractivity contribution is 6.33. The first-order chi connectivity index (χ1) is 6.76. The van der Waals surface area contributed by atoms with Gasteiger partial charge in [-0.15, -0.1) is 0 Å². The van der Waals surface area contributed by atoms with Crippen LogP contribution in [0.15, 0.2) is 0 Å². The summed E-state index contributed by atoms with van der Waals surface area (Å²) in [6.07, 6.45) is 0. The van der Waals surface area contributed by atoms with Crippen LogP contribution in [0.3, 0.4) is 0 Å². The van der Waals surface area contributed by atoms with Crippen molar-refractivity contribution in [3.8, 4) is 0 Å². The fraction of sp³-hybridized carbons (Fsp3) is 0.500. The van der Waals surface area contributed by atoms with Crippen LogP contribution in [0.25, 0.3) is 0 Å².